The van der Waals surface area contributed by atoms with E-state index >= 15 is 0 Å². The first-order valence-electron chi connectivity index (χ1n) is 6.98. The van der Waals surface area contributed by atoms with E-state index in [1.165, 1.54) is 14.2 Å². The van der Waals surface area contributed by atoms with Crippen LogP contribution in [0.5, 0.6) is 11.5 Å². The van der Waals surface area contributed by atoms with Crippen LogP contribution in [-0.2, 0) is 10.0 Å². The second-order valence-corrected chi connectivity index (χ2v) is 7.15. The molecule has 0 bridgehead atoms. The maximum Gasteiger partial charge on any atom is 0.244 e. The molecule has 24 heavy (non-hydrogen) atoms. The second-order valence-electron chi connectivity index (χ2n) is 5.04. The third kappa shape index (κ3) is 3.98. The molecular weight excluding hydrogens is 357 g/mol. The summed E-state index contributed by atoms with van der Waals surface area (Å²) in [7, 11) is -1.43. The molecule has 0 amide bonds. The van der Waals surface area contributed by atoms with E-state index in [9.17, 15) is 12.8 Å². The number of halogens is 2. The topological polar surface area (TPSA) is 64.6 Å². The minimum absolute atomic E-state index is 0.108. The summed E-state index contributed by atoms with van der Waals surface area (Å²) in [5.74, 6) is -0.704. The smallest absolute Gasteiger partial charge is 0.244 e. The average Bonchev–Trinajstić information content (AvgIpc) is 2.53. The first kappa shape index (κ1) is 18.5. The maximum atomic E-state index is 14.2. The fourth-order valence-electron chi connectivity index (χ4n) is 2.18. The fraction of sp³-hybridized carbons (Fsp3) is 0.250. The Morgan fingerprint density at radius 3 is 2.33 bits per heavy atom. The number of nitrogens with one attached hydrogen (secondary N) is 1. The van der Waals surface area contributed by atoms with Crippen molar-refractivity contribution in [1.82, 2.24) is 4.72 Å². The Bertz CT molecular complexity index is 842. The molecule has 0 saturated heterocycles. The minimum Gasteiger partial charge on any atom is -0.493 e. The van der Waals surface area contributed by atoms with Gasteiger partial charge in [-0.15, -0.1) is 0 Å². The molecule has 130 valence electrons. The molecule has 5 nitrogen and oxygen atoms in total. The first-order valence-corrected chi connectivity index (χ1v) is 8.84. The van der Waals surface area contributed by atoms with Crippen LogP contribution < -0.4 is 14.2 Å². The normalized spacial score (nSPS) is 12.7. The Hall–Kier alpha value is -1.83. The molecule has 8 heteroatoms. The van der Waals surface area contributed by atoms with Gasteiger partial charge >= 0.3 is 0 Å². The molecule has 2 aromatic carbocycles. The van der Waals surface area contributed by atoms with Crippen molar-refractivity contribution in [2.45, 2.75) is 17.9 Å². The first-order chi connectivity index (χ1) is 11.3. The SMILES string of the molecule is COc1cc(F)c(S(=O)(=O)NC(C)c2cccc(Cl)c2)cc1OC. The molecule has 2 aromatic rings. The number of sulfonamides is 1. The molecule has 0 saturated carbocycles. The monoisotopic (exact) mass is 373 g/mol. The van der Waals surface area contributed by atoms with Crippen LogP contribution >= 0.6 is 11.6 Å². The van der Waals surface area contributed by atoms with E-state index in [1.54, 1.807) is 31.2 Å². The average molecular weight is 374 g/mol. The molecule has 1 N–H and O–H groups in total. The van der Waals surface area contributed by atoms with Gasteiger partial charge in [-0.3, -0.25) is 0 Å². The molecular formula is C16H17ClFNO4S. The summed E-state index contributed by atoms with van der Waals surface area (Å²) in [5, 5.41) is 0.482. The Kier molecular flexibility index (Phi) is 5.69. The van der Waals surface area contributed by atoms with Crippen LogP contribution in [0.3, 0.4) is 0 Å². The highest BCUT2D eigenvalue weighted by Gasteiger charge is 2.25. The largest absolute Gasteiger partial charge is 0.493 e. The van der Waals surface area contributed by atoms with Crippen LogP contribution in [0.1, 0.15) is 18.5 Å². The van der Waals surface area contributed by atoms with E-state index in [1.807, 2.05) is 0 Å². The van der Waals surface area contributed by atoms with Crippen molar-refractivity contribution >= 4 is 21.6 Å². The lowest BCUT2D eigenvalue weighted by atomic mass is 10.1. The number of hydrogen-bond acceptors (Lipinski definition) is 4. The lowest BCUT2D eigenvalue weighted by Crippen LogP contribution is -2.27. The highest BCUT2D eigenvalue weighted by Crippen LogP contribution is 2.32. The zero-order valence-corrected chi connectivity index (χ0v) is 14.9. The van der Waals surface area contributed by atoms with Crippen molar-refractivity contribution in [3.05, 3.63) is 52.8 Å². The van der Waals surface area contributed by atoms with Gasteiger partial charge in [0.1, 0.15) is 10.7 Å². The minimum atomic E-state index is -4.11. The number of benzene rings is 2. The van der Waals surface area contributed by atoms with E-state index in [4.69, 9.17) is 21.1 Å². The zero-order chi connectivity index (χ0) is 17.9. The Morgan fingerprint density at radius 2 is 1.75 bits per heavy atom. The summed E-state index contributed by atoms with van der Waals surface area (Å²) < 4.78 is 51.6. The van der Waals surface area contributed by atoms with Gasteiger partial charge in [-0.2, -0.15) is 0 Å². The van der Waals surface area contributed by atoms with E-state index < -0.39 is 26.8 Å². The molecule has 0 aliphatic carbocycles. The van der Waals surface area contributed by atoms with Gasteiger partial charge in [-0.1, -0.05) is 23.7 Å². The van der Waals surface area contributed by atoms with Gasteiger partial charge < -0.3 is 9.47 Å². The molecule has 0 radical (unpaired) electrons. The Morgan fingerprint density at radius 1 is 1.12 bits per heavy atom. The van der Waals surface area contributed by atoms with Gasteiger partial charge in [-0.25, -0.2) is 17.5 Å². The molecule has 2 rings (SSSR count). The summed E-state index contributed by atoms with van der Waals surface area (Å²) in [6, 6.07) is 8.21. The van der Waals surface area contributed by atoms with Crippen LogP contribution in [0.15, 0.2) is 41.3 Å². The third-order valence-electron chi connectivity index (χ3n) is 3.41. The summed E-state index contributed by atoms with van der Waals surface area (Å²) in [6.07, 6.45) is 0. The molecule has 1 atom stereocenters. The number of rotatable bonds is 6. The predicted molar refractivity (Wildman–Crippen MR) is 89.7 cm³/mol. The van der Waals surface area contributed by atoms with E-state index in [-0.39, 0.29) is 11.5 Å². The van der Waals surface area contributed by atoms with Crippen LogP contribution in [0.4, 0.5) is 4.39 Å². The van der Waals surface area contributed by atoms with Gasteiger partial charge in [-0.05, 0) is 24.6 Å². The van der Waals surface area contributed by atoms with Gasteiger partial charge in [0.25, 0.3) is 0 Å². The predicted octanol–water partition coefficient (Wildman–Crippen LogP) is 3.54. The lowest BCUT2D eigenvalue weighted by molar-refractivity contribution is 0.350. The quantitative estimate of drug-likeness (QED) is 0.841. The van der Waals surface area contributed by atoms with Crippen LogP contribution in [0.25, 0.3) is 0 Å². The van der Waals surface area contributed by atoms with Crippen LogP contribution in [0.2, 0.25) is 5.02 Å². The molecule has 0 fully saturated rings. The van der Waals surface area contributed by atoms with Gasteiger partial charge in [0.15, 0.2) is 11.5 Å². The maximum absolute atomic E-state index is 14.2. The van der Waals surface area contributed by atoms with Crippen molar-refractivity contribution in [1.29, 1.82) is 0 Å². The number of methoxy groups -OCH3 is 2. The Labute approximate surface area is 145 Å². The summed E-state index contributed by atoms with van der Waals surface area (Å²) >= 11 is 5.91. The van der Waals surface area contributed by atoms with E-state index in [0.29, 0.717) is 10.6 Å². The fourth-order valence-corrected chi connectivity index (χ4v) is 3.69. The molecule has 0 aliphatic heterocycles. The Balaban J connectivity index is 2.37. The van der Waals surface area contributed by atoms with Gasteiger partial charge in [0.2, 0.25) is 10.0 Å². The van der Waals surface area contributed by atoms with Crippen molar-refractivity contribution in [2.75, 3.05) is 14.2 Å². The highest BCUT2D eigenvalue weighted by atomic mass is 35.5. The third-order valence-corrected chi connectivity index (χ3v) is 5.20. The zero-order valence-electron chi connectivity index (χ0n) is 13.3. The van der Waals surface area contributed by atoms with Crippen LogP contribution in [0, 0.1) is 5.82 Å². The second kappa shape index (κ2) is 7.38. The summed E-state index contributed by atoms with van der Waals surface area (Å²) in [4.78, 5) is -0.519. The highest BCUT2D eigenvalue weighted by molar-refractivity contribution is 7.89. The molecule has 0 spiro atoms. The molecule has 0 aromatic heterocycles. The summed E-state index contributed by atoms with van der Waals surface area (Å²) in [6.45, 7) is 1.64. The summed E-state index contributed by atoms with van der Waals surface area (Å²) in [5.41, 5.74) is 0.659. The molecule has 0 aliphatic rings. The van der Waals surface area contributed by atoms with Crippen molar-refractivity contribution < 1.29 is 22.3 Å². The van der Waals surface area contributed by atoms with Crippen molar-refractivity contribution in [2.24, 2.45) is 0 Å². The van der Waals surface area contributed by atoms with E-state index in [0.717, 1.165) is 12.1 Å². The van der Waals surface area contributed by atoms with Gasteiger partial charge in [0.05, 0.1) is 14.2 Å². The van der Waals surface area contributed by atoms with Crippen molar-refractivity contribution in [3.8, 4) is 11.5 Å². The van der Waals surface area contributed by atoms with E-state index in [2.05, 4.69) is 4.72 Å². The number of hydrogen-bond donors (Lipinski definition) is 1. The molecule has 1 unspecified atom stereocenters. The van der Waals surface area contributed by atoms with Crippen molar-refractivity contribution in [3.63, 3.8) is 0 Å². The standard InChI is InChI=1S/C16H17ClFNO4S/c1-10(11-5-4-6-12(17)7-11)19-24(20,21)16-9-15(23-3)14(22-2)8-13(16)18/h4-10,19H,1-3H3. The van der Waals surface area contributed by atoms with Crippen LogP contribution in [-0.4, -0.2) is 22.6 Å². The lowest BCUT2D eigenvalue weighted by Gasteiger charge is -2.16. The number of ether oxygens (including phenoxy) is 2. The molecule has 0 heterocycles. The van der Waals surface area contributed by atoms with Gasteiger partial charge in [0, 0.05) is 23.2 Å².